The van der Waals surface area contributed by atoms with Gasteiger partial charge in [0.1, 0.15) is 0 Å². The number of aromatic nitrogens is 2. The minimum Gasteiger partial charge on any atom is -0.309 e. The summed E-state index contributed by atoms with van der Waals surface area (Å²) in [5.41, 5.74) is 12.1. The third-order valence-electron chi connectivity index (χ3n) is 11.9. The van der Waals surface area contributed by atoms with Gasteiger partial charge in [-0.3, -0.25) is 0 Å². The van der Waals surface area contributed by atoms with E-state index in [-0.39, 0.29) is 0 Å². The molecule has 56 heavy (non-hydrogen) atoms. The Morgan fingerprint density at radius 2 is 0.732 bits per heavy atom. The first kappa shape index (κ1) is 31.0. The summed E-state index contributed by atoms with van der Waals surface area (Å²) in [4.78, 5) is 0. The minimum atomic E-state index is 1.17. The average Bonchev–Trinajstić information content (AvgIpc) is 3.79. The highest BCUT2D eigenvalue weighted by atomic mass is 15.0. The number of rotatable bonds is 4. The van der Waals surface area contributed by atoms with Gasteiger partial charge in [-0.25, -0.2) is 0 Å². The lowest BCUT2D eigenvalue weighted by Gasteiger charge is -2.18. The fourth-order valence-corrected chi connectivity index (χ4v) is 9.50. The third kappa shape index (κ3) is 4.44. The molecule has 0 radical (unpaired) electrons. The van der Waals surface area contributed by atoms with Crippen LogP contribution < -0.4 is 0 Å². The molecule has 2 heterocycles. The van der Waals surface area contributed by atoms with Crippen molar-refractivity contribution in [2.75, 3.05) is 0 Å². The van der Waals surface area contributed by atoms with Crippen LogP contribution in [0.4, 0.5) is 0 Å². The van der Waals surface area contributed by atoms with Crippen molar-refractivity contribution in [1.29, 1.82) is 0 Å². The van der Waals surface area contributed by atoms with E-state index in [1.54, 1.807) is 0 Å². The number of benzene rings is 10. The maximum atomic E-state index is 2.50. The quantitative estimate of drug-likeness (QED) is 0.161. The Kier molecular flexibility index (Phi) is 6.66. The molecule has 10 aromatic carbocycles. The zero-order valence-corrected chi connectivity index (χ0v) is 30.5. The van der Waals surface area contributed by atoms with Crippen molar-refractivity contribution in [2.45, 2.75) is 0 Å². The number of para-hydroxylation sites is 3. The Balaban J connectivity index is 1.11. The van der Waals surface area contributed by atoms with E-state index in [0.717, 1.165) is 0 Å². The molecule has 0 spiro atoms. The number of hydrogen-bond donors (Lipinski definition) is 0. The highest BCUT2D eigenvalue weighted by Gasteiger charge is 2.20. The van der Waals surface area contributed by atoms with E-state index in [1.807, 2.05) is 0 Å². The fraction of sp³-hybridized carbons (Fsp3) is 0. The van der Waals surface area contributed by atoms with Crippen LogP contribution >= 0.6 is 0 Å². The molecule has 0 saturated carbocycles. The van der Waals surface area contributed by atoms with E-state index in [1.165, 1.54) is 110 Å². The lowest BCUT2D eigenvalue weighted by molar-refractivity contribution is 1.18. The molecule has 0 fully saturated rings. The van der Waals surface area contributed by atoms with Crippen LogP contribution in [0, 0.1) is 0 Å². The van der Waals surface area contributed by atoms with E-state index >= 15 is 0 Å². The van der Waals surface area contributed by atoms with Crippen LogP contribution in [0.15, 0.2) is 206 Å². The van der Waals surface area contributed by atoms with Gasteiger partial charge in [-0.05, 0) is 104 Å². The molecule has 0 N–H and O–H groups in total. The van der Waals surface area contributed by atoms with Crippen molar-refractivity contribution in [3.05, 3.63) is 206 Å². The molecule has 12 rings (SSSR count). The maximum Gasteiger partial charge on any atom is 0.0547 e. The summed E-state index contributed by atoms with van der Waals surface area (Å²) < 4.78 is 4.88. The normalized spacial score (nSPS) is 11.9. The van der Waals surface area contributed by atoms with Crippen LogP contribution in [-0.4, -0.2) is 9.13 Å². The first-order chi connectivity index (χ1) is 27.8. The molecule has 0 aliphatic heterocycles. The Hall–Kier alpha value is -7.42. The van der Waals surface area contributed by atoms with Gasteiger partial charge in [0, 0.05) is 32.6 Å². The first-order valence-corrected chi connectivity index (χ1v) is 19.4. The van der Waals surface area contributed by atoms with Gasteiger partial charge in [-0.1, -0.05) is 152 Å². The van der Waals surface area contributed by atoms with Gasteiger partial charge < -0.3 is 9.13 Å². The maximum absolute atomic E-state index is 2.50. The van der Waals surface area contributed by atoms with Crippen LogP contribution in [-0.2, 0) is 0 Å². The minimum absolute atomic E-state index is 1.17. The van der Waals surface area contributed by atoms with E-state index < -0.39 is 0 Å². The molecular weight excluding hydrogens is 677 g/mol. The topological polar surface area (TPSA) is 9.86 Å². The summed E-state index contributed by atoms with van der Waals surface area (Å²) in [6.45, 7) is 0. The predicted molar refractivity (Wildman–Crippen MR) is 239 cm³/mol. The van der Waals surface area contributed by atoms with Gasteiger partial charge in [-0.15, -0.1) is 0 Å². The average molecular weight is 711 g/mol. The van der Waals surface area contributed by atoms with Crippen molar-refractivity contribution < 1.29 is 0 Å². The lowest BCUT2D eigenvalue weighted by Crippen LogP contribution is -1.97. The molecule has 2 nitrogen and oxygen atoms in total. The second kappa shape index (κ2) is 12.0. The van der Waals surface area contributed by atoms with Crippen molar-refractivity contribution >= 4 is 75.9 Å². The molecule has 0 atom stereocenters. The molecule has 0 unspecified atom stereocenters. The lowest BCUT2D eigenvalue weighted by atomic mass is 9.89. The molecule has 0 amide bonds. The summed E-state index contributed by atoms with van der Waals surface area (Å²) in [7, 11) is 0. The van der Waals surface area contributed by atoms with Gasteiger partial charge in [0.2, 0.25) is 0 Å². The summed E-state index contributed by atoms with van der Waals surface area (Å²) in [6.07, 6.45) is 0. The second-order valence-electron chi connectivity index (χ2n) is 14.8. The summed E-state index contributed by atoms with van der Waals surface area (Å²) in [5, 5.41) is 12.7. The number of hydrogen-bond acceptors (Lipinski definition) is 0. The van der Waals surface area contributed by atoms with Crippen LogP contribution in [0.5, 0.6) is 0 Å². The smallest absolute Gasteiger partial charge is 0.0547 e. The third-order valence-corrected chi connectivity index (χ3v) is 11.9. The van der Waals surface area contributed by atoms with E-state index in [2.05, 4.69) is 215 Å². The van der Waals surface area contributed by atoms with Crippen LogP contribution in [0.25, 0.3) is 110 Å². The molecule has 0 bridgehead atoms. The highest BCUT2D eigenvalue weighted by molar-refractivity contribution is 6.30. The van der Waals surface area contributed by atoms with Crippen molar-refractivity contribution in [2.24, 2.45) is 0 Å². The highest BCUT2D eigenvalue weighted by Crippen LogP contribution is 2.44. The Morgan fingerprint density at radius 1 is 0.250 bits per heavy atom. The zero-order valence-electron chi connectivity index (χ0n) is 30.5. The molecule has 260 valence electrons. The van der Waals surface area contributed by atoms with E-state index in [0.29, 0.717) is 0 Å². The Morgan fingerprint density at radius 3 is 1.43 bits per heavy atom. The predicted octanol–water partition coefficient (Wildman–Crippen LogP) is 14.7. The molecule has 0 aliphatic rings. The standard InChI is InChI=1S/C54H34N2/c1-3-15-35(16-4-1)39-23-13-25-45-53(39)43-22-8-7-19-40(43)44-24-14-28-52(54(44)45)56-49-27-12-10-21-42(49)47-34-37(30-32-51(47)56)36-29-31-50-46(33-36)41-20-9-11-26-48(41)55(50)38-17-5-2-6-18-38/h1-34H. The second-order valence-corrected chi connectivity index (χ2v) is 14.8. The Bertz CT molecular complexity index is 3510. The molecule has 2 aromatic heterocycles. The van der Waals surface area contributed by atoms with Crippen molar-refractivity contribution in [1.82, 2.24) is 9.13 Å². The van der Waals surface area contributed by atoms with Gasteiger partial charge in [0.25, 0.3) is 0 Å². The van der Waals surface area contributed by atoms with Crippen LogP contribution in [0.2, 0.25) is 0 Å². The largest absolute Gasteiger partial charge is 0.309 e. The van der Waals surface area contributed by atoms with Gasteiger partial charge in [-0.2, -0.15) is 0 Å². The number of nitrogens with zero attached hydrogens (tertiary/aromatic N) is 2. The summed E-state index contributed by atoms with van der Waals surface area (Å²) in [6, 6.07) is 75.7. The van der Waals surface area contributed by atoms with Gasteiger partial charge in [0.15, 0.2) is 0 Å². The van der Waals surface area contributed by atoms with Crippen LogP contribution in [0.3, 0.4) is 0 Å². The molecule has 0 saturated heterocycles. The molecule has 12 aromatic rings. The monoisotopic (exact) mass is 710 g/mol. The zero-order chi connectivity index (χ0) is 36.7. The first-order valence-electron chi connectivity index (χ1n) is 19.4. The van der Waals surface area contributed by atoms with E-state index in [4.69, 9.17) is 0 Å². The summed E-state index contributed by atoms with van der Waals surface area (Å²) >= 11 is 0. The fourth-order valence-electron chi connectivity index (χ4n) is 9.50. The van der Waals surface area contributed by atoms with Gasteiger partial charge in [0.05, 0.1) is 27.8 Å². The summed E-state index contributed by atoms with van der Waals surface area (Å²) in [5.74, 6) is 0. The molecule has 0 aliphatic carbocycles. The Labute approximate surface area is 323 Å². The van der Waals surface area contributed by atoms with Crippen LogP contribution in [0.1, 0.15) is 0 Å². The van der Waals surface area contributed by atoms with E-state index in [9.17, 15) is 0 Å². The SMILES string of the molecule is c1ccc(-c2cccc3c2c2ccccc2c2cccc(-n4c5ccccc5c5cc(-c6ccc7c(c6)c6ccccc6n7-c6ccccc6)ccc54)c23)cc1. The van der Waals surface area contributed by atoms with Crippen molar-refractivity contribution in [3.63, 3.8) is 0 Å². The number of fused-ring (bicyclic) bond motifs is 12. The van der Waals surface area contributed by atoms with Crippen molar-refractivity contribution in [3.8, 4) is 33.6 Å². The van der Waals surface area contributed by atoms with Gasteiger partial charge >= 0.3 is 0 Å². The molecule has 2 heteroatoms. The molecular formula is C54H34N2.